The minimum atomic E-state index is -0.502. The first-order valence-electron chi connectivity index (χ1n) is 9.45. The molecule has 1 amide bonds. The van der Waals surface area contributed by atoms with Crippen molar-refractivity contribution in [3.05, 3.63) is 23.6 Å². The summed E-state index contributed by atoms with van der Waals surface area (Å²) in [6, 6.07) is 1.95. The van der Waals surface area contributed by atoms with Crippen LogP contribution in [0.5, 0.6) is 0 Å². The maximum absolute atomic E-state index is 12.2. The number of hydrogen-bond acceptors (Lipinski definition) is 5. The average Bonchev–Trinajstić information content (AvgIpc) is 2.92. The van der Waals surface area contributed by atoms with Crippen LogP contribution in [-0.2, 0) is 4.74 Å². The van der Waals surface area contributed by atoms with Gasteiger partial charge in [-0.3, -0.25) is 4.40 Å². The van der Waals surface area contributed by atoms with E-state index in [0.717, 1.165) is 31.3 Å². The number of anilines is 1. The number of amides is 1. The van der Waals surface area contributed by atoms with Crippen LogP contribution in [0, 0.1) is 5.92 Å². The van der Waals surface area contributed by atoms with Crippen LogP contribution in [0.1, 0.15) is 53.4 Å². The van der Waals surface area contributed by atoms with E-state index in [1.165, 1.54) is 0 Å². The Bertz CT molecular complexity index is 801. The van der Waals surface area contributed by atoms with E-state index >= 15 is 0 Å². The molecule has 148 valence electrons. The Hall–Kier alpha value is -2.02. The Labute approximate surface area is 164 Å². The summed E-state index contributed by atoms with van der Waals surface area (Å²) in [5.74, 6) is 1.22. The molecule has 3 rings (SSSR count). The number of carbonyl (C=O) groups excluding carboxylic acids is 1. The summed E-state index contributed by atoms with van der Waals surface area (Å²) in [6.07, 6.45) is 7.01. The van der Waals surface area contributed by atoms with Crippen LogP contribution in [0.3, 0.4) is 0 Å². The predicted molar refractivity (Wildman–Crippen MR) is 106 cm³/mol. The Kier molecular flexibility index (Phi) is 5.79. The molecule has 2 aromatic heterocycles. The number of halogens is 1. The third kappa shape index (κ3) is 5.48. The lowest BCUT2D eigenvalue weighted by molar-refractivity contribution is 0.0499. The minimum absolute atomic E-state index is 0.0553. The first kappa shape index (κ1) is 19.7. The number of carbonyl (C=O) groups is 1. The molecule has 0 radical (unpaired) electrons. The van der Waals surface area contributed by atoms with Crippen molar-refractivity contribution >= 4 is 29.3 Å². The van der Waals surface area contributed by atoms with Crippen LogP contribution in [-0.4, -0.2) is 38.1 Å². The second kappa shape index (κ2) is 7.92. The molecule has 27 heavy (non-hydrogen) atoms. The molecule has 2 N–H and O–H groups in total. The van der Waals surface area contributed by atoms with Gasteiger partial charge in [0.2, 0.25) is 5.95 Å². The summed E-state index contributed by atoms with van der Waals surface area (Å²) in [7, 11) is 0. The zero-order valence-electron chi connectivity index (χ0n) is 16.3. The molecule has 8 heteroatoms. The van der Waals surface area contributed by atoms with Gasteiger partial charge in [-0.2, -0.15) is 0 Å². The molecule has 3 unspecified atom stereocenters. The van der Waals surface area contributed by atoms with Crippen molar-refractivity contribution in [1.29, 1.82) is 0 Å². The smallest absolute Gasteiger partial charge is 0.407 e. The van der Waals surface area contributed by atoms with Crippen LogP contribution in [0.15, 0.2) is 18.5 Å². The van der Waals surface area contributed by atoms with Crippen molar-refractivity contribution in [1.82, 2.24) is 19.7 Å². The zero-order chi connectivity index (χ0) is 19.6. The van der Waals surface area contributed by atoms with Crippen LogP contribution in [0.2, 0.25) is 5.15 Å². The van der Waals surface area contributed by atoms with E-state index in [4.69, 9.17) is 16.3 Å². The normalized spacial score (nSPS) is 23.7. The number of fused-ring (bicyclic) bond motifs is 1. The van der Waals surface area contributed by atoms with Gasteiger partial charge in [0, 0.05) is 30.5 Å². The summed E-state index contributed by atoms with van der Waals surface area (Å²) < 4.78 is 7.30. The lowest BCUT2D eigenvalue weighted by Crippen LogP contribution is -2.41. The third-order valence-corrected chi connectivity index (χ3v) is 4.87. The van der Waals surface area contributed by atoms with Gasteiger partial charge in [0.15, 0.2) is 0 Å². The molecule has 1 aliphatic rings. The van der Waals surface area contributed by atoms with Crippen LogP contribution in [0.4, 0.5) is 10.7 Å². The molecule has 1 saturated carbocycles. The summed E-state index contributed by atoms with van der Waals surface area (Å²) in [6.45, 7) is 7.84. The van der Waals surface area contributed by atoms with E-state index in [1.807, 2.05) is 31.4 Å². The summed E-state index contributed by atoms with van der Waals surface area (Å²) in [4.78, 5) is 20.9. The van der Waals surface area contributed by atoms with Crippen molar-refractivity contribution in [3.63, 3.8) is 0 Å². The molecule has 1 fully saturated rings. The monoisotopic (exact) mass is 393 g/mol. The van der Waals surface area contributed by atoms with Gasteiger partial charge in [0.25, 0.3) is 0 Å². The molecule has 0 bridgehead atoms. The fourth-order valence-corrected chi connectivity index (χ4v) is 3.73. The SMILES string of the molecule is CC1CCC(NC(=O)OC(C)(C)C)CC(Nc2nc(Cl)cc3nccn23)C1. The van der Waals surface area contributed by atoms with Crippen molar-refractivity contribution in [3.8, 4) is 0 Å². The highest BCUT2D eigenvalue weighted by Crippen LogP contribution is 2.26. The van der Waals surface area contributed by atoms with E-state index in [1.54, 1.807) is 12.3 Å². The number of hydrogen-bond donors (Lipinski definition) is 2. The van der Waals surface area contributed by atoms with E-state index in [-0.39, 0.29) is 18.2 Å². The third-order valence-electron chi connectivity index (χ3n) is 4.68. The fourth-order valence-electron chi connectivity index (χ4n) is 3.55. The Morgan fingerprint density at radius 2 is 2.07 bits per heavy atom. The first-order chi connectivity index (χ1) is 12.7. The van der Waals surface area contributed by atoms with Crippen molar-refractivity contribution in [2.24, 2.45) is 5.92 Å². The van der Waals surface area contributed by atoms with E-state index in [2.05, 4.69) is 27.5 Å². The van der Waals surface area contributed by atoms with Crippen LogP contribution >= 0.6 is 11.6 Å². The molecule has 2 heterocycles. The Morgan fingerprint density at radius 1 is 1.30 bits per heavy atom. The molecule has 3 atom stereocenters. The first-order valence-corrected chi connectivity index (χ1v) is 9.83. The predicted octanol–water partition coefficient (Wildman–Crippen LogP) is 4.27. The van der Waals surface area contributed by atoms with Crippen LogP contribution in [0.25, 0.3) is 5.65 Å². The van der Waals surface area contributed by atoms with Crippen molar-refractivity contribution in [2.75, 3.05) is 5.32 Å². The second-order valence-electron chi connectivity index (χ2n) is 8.40. The van der Waals surface area contributed by atoms with Gasteiger partial charge in [-0.1, -0.05) is 18.5 Å². The molecule has 2 aromatic rings. The van der Waals surface area contributed by atoms with Gasteiger partial charge >= 0.3 is 6.09 Å². The second-order valence-corrected chi connectivity index (χ2v) is 8.78. The maximum Gasteiger partial charge on any atom is 0.407 e. The van der Waals surface area contributed by atoms with Crippen molar-refractivity contribution in [2.45, 2.75) is 71.1 Å². The number of alkyl carbamates (subject to hydrolysis) is 1. The van der Waals surface area contributed by atoms with Gasteiger partial charge in [-0.25, -0.2) is 14.8 Å². The van der Waals surface area contributed by atoms with Gasteiger partial charge in [-0.15, -0.1) is 0 Å². The number of nitrogens with one attached hydrogen (secondary N) is 2. The van der Waals surface area contributed by atoms with Gasteiger partial charge in [0.1, 0.15) is 16.4 Å². The Balaban J connectivity index is 1.71. The molecule has 0 spiro atoms. The molecule has 0 saturated heterocycles. The van der Waals surface area contributed by atoms with E-state index in [0.29, 0.717) is 17.0 Å². The van der Waals surface area contributed by atoms with Gasteiger partial charge in [0.05, 0.1) is 0 Å². The molecule has 1 aliphatic carbocycles. The quantitative estimate of drug-likeness (QED) is 0.601. The van der Waals surface area contributed by atoms with Gasteiger partial charge < -0.3 is 15.4 Å². The molecule has 0 aliphatic heterocycles. The maximum atomic E-state index is 12.2. The largest absolute Gasteiger partial charge is 0.444 e. The number of rotatable bonds is 3. The zero-order valence-corrected chi connectivity index (χ0v) is 17.1. The summed E-state index contributed by atoms with van der Waals surface area (Å²) in [5, 5.41) is 6.94. The highest BCUT2D eigenvalue weighted by molar-refractivity contribution is 6.29. The number of aromatic nitrogens is 3. The lowest BCUT2D eigenvalue weighted by atomic mass is 10.0. The molecular formula is C19H28ClN5O2. The average molecular weight is 394 g/mol. The highest BCUT2D eigenvalue weighted by Gasteiger charge is 2.27. The number of ether oxygens (including phenoxy) is 1. The molecular weight excluding hydrogens is 366 g/mol. The van der Waals surface area contributed by atoms with E-state index < -0.39 is 5.60 Å². The standard InChI is InChI=1S/C19H28ClN5O2/c1-12-5-6-13(23-18(26)27-19(2,3)4)10-14(9-12)22-17-24-15(20)11-16-21-7-8-25(16)17/h7-8,11-14H,5-6,9-10H2,1-4H3,(H,22,24)(H,23,26). The fraction of sp³-hybridized carbons (Fsp3) is 0.632. The topological polar surface area (TPSA) is 80.5 Å². The minimum Gasteiger partial charge on any atom is -0.444 e. The molecule has 7 nitrogen and oxygen atoms in total. The summed E-state index contributed by atoms with van der Waals surface area (Å²) >= 11 is 6.14. The lowest BCUT2D eigenvalue weighted by Gasteiger charge is -2.25. The Morgan fingerprint density at radius 3 is 2.81 bits per heavy atom. The highest BCUT2D eigenvalue weighted by atomic mass is 35.5. The number of nitrogens with zero attached hydrogens (tertiary/aromatic N) is 3. The van der Waals surface area contributed by atoms with Crippen LogP contribution < -0.4 is 10.6 Å². The summed E-state index contributed by atoms with van der Waals surface area (Å²) in [5.41, 5.74) is 0.250. The number of imidazole rings is 1. The van der Waals surface area contributed by atoms with Crippen molar-refractivity contribution < 1.29 is 9.53 Å². The molecule has 0 aromatic carbocycles. The van der Waals surface area contributed by atoms with Gasteiger partial charge in [-0.05, 0) is 52.4 Å². The van der Waals surface area contributed by atoms with E-state index in [9.17, 15) is 4.79 Å².